The van der Waals surface area contributed by atoms with Crippen LogP contribution in [0.2, 0.25) is 0 Å². The zero-order valence-corrected chi connectivity index (χ0v) is 11.7. The molecule has 16 heavy (non-hydrogen) atoms. The number of rotatable bonds is 3. The van der Waals surface area contributed by atoms with Crippen molar-refractivity contribution in [2.45, 2.75) is 33.3 Å². The molecule has 0 aliphatic carbocycles. The van der Waals surface area contributed by atoms with E-state index in [1.165, 1.54) is 10.6 Å². The van der Waals surface area contributed by atoms with Crippen LogP contribution in [0.5, 0.6) is 0 Å². The Bertz CT molecular complexity index is 327. The van der Waals surface area contributed by atoms with Gasteiger partial charge in [0.05, 0.1) is 18.5 Å². The molecule has 0 spiro atoms. The lowest BCUT2D eigenvalue weighted by atomic mass is 9.79. The lowest BCUT2D eigenvalue weighted by Gasteiger charge is -2.47. The highest BCUT2D eigenvalue weighted by atomic mass is 32.2. The number of sulfonamides is 1. The Morgan fingerprint density at radius 1 is 1.19 bits per heavy atom. The highest BCUT2D eigenvalue weighted by Crippen LogP contribution is 2.34. The van der Waals surface area contributed by atoms with Crippen LogP contribution >= 0.6 is 0 Å². The van der Waals surface area contributed by atoms with Gasteiger partial charge in [-0.25, -0.2) is 8.42 Å². The van der Waals surface area contributed by atoms with Gasteiger partial charge in [-0.2, -0.15) is 4.31 Å². The molecule has 0 saturated carbocycles. The van der Waals surface area contributed by atoms with Gasteiger partial charge < -0.3 is 4.74 Å². The SMILES string of the molecule is CC(C)C1(C(C)C)CN(S(C)(=O)=O)CCO1. The molecule has 1 heterocycles. The smallest absolute Gasteiger partial charge is 0.211 e. The van der Waals surface area contributed by atoms with Crippen LogP contribution < -0.4 is 0 Å². The zero-order chi connectivity index (χ0) is 12.6. The van der Waals surface area contributed by atoms with Gasteiger partial charge in [0.25, 0.3) is 0 Å². The molecule has 1 rings (SSSR count). The van der Waals surface area contributed by atoms with Gasteiger partial charge in [0.1, 0.15) is 0 Å². The van der Waals surface area contributed by atoms with Gasteiger partial charge in [-0.15, -0.1) is 0 Å². The van der Waals surface area contributed by atoms with E-state index in [1.807, 2.05) is 0 Å². The van der Waals surface area contributed by atoms with Gasteiger partial charge in [-0.1, -0.05) is 27.7 Å². The van der Waals surface area contributed by atoms with Gasteiger partial charge in [0.15, 0.2) is 0 Å². The molecule has 4 nitrogen and oxygen atoms in total. The number of ether oxygens (including phenoxy) is 1. The van der Waals surface area contributed by atoms with E-state index in [1.54, 1.807) is 0 Å². The number of nitrogens with zero attached hydrogens (tertiary/aromatic N) is 1. The predicted molar refractivity (Wildman–Crippen MR) is 64.8 cm³/mol. The van der Waals surface area contributed by atoms with E-state index in [-0.39, 0.29) is 5.60 Å². The second-order valence-corrected chi connectivity index (χ2v) is 7.19. The van der Waals surface area contributed by atoms with Crippen molar-refractivity contribution in [1.82, 2.24) is 4.31 Å². The van der Waals surface area contributed by atoms with E-state index in [4.69, 9.17) is 4.74 Å². The molecule has 5 heteroatoms. The standard InChI is InChI=1S/C11H23NO3S/c1-9(2)11(10(3)4)8-12(6-7-15-11)16(5,13)14/h9-10H,6-8H2,1-5H3. The minimum absolute atomic E-state index is 0.303. The Morgan fingerprint density at radius 2 is 1.69 bits per heavy atom. The van der Waals surface area contributed by atoms with Crippen molar-refractivity contribution in [3.8, 4) is 0 Å². The number of hydrogen-bond acceptors (Lipinski definition) is 3. The molecular formula is C11H23NO3S. The second-order valence-electron chi connectivity index (χ2n) is 5.21. The maximum atomic E-state index is 11.6. The molecule has 0 N–H and O–H groups in total. The Labute approximate surface area is 99.0 Å². The summed E-state index contributed by atoms with van der Waals surface area (Å²) in [5.74, 6) is 0.606. The highest BCUT2D eigenvalue weighted by molar-refractivity contribution is 7.88. The third kappa shape index (κ3) is 2.57. The summed E-state index contributed by atoms with van der Waals surface area (Å²) in [7, 11) is -3.11. The van der Waals surface area contributed by atoms with Gasteiger partial charge in [-0.05, 0) is 11.8 Å². The molecule has 0 aromatic heterocycles. The maximum absolute atomic E-state index is 11.6. The van der Waals surface area contributed by atoms with Crippen LogP contribution in [-0.4, -0.2) is 44.3 Å². The van der Waals surface area contributed by atoms with Crippen molar-refractivity contribution in [2.75, 3.05) is 26.0 Å². The Kier molecular flexibility index (Phi) is 4.03. The minimum atomic E-state index is -3.11. The van der Waals surface area contributed by atoms with Crippen molar-refractivity contribution in [3.63, 3.8) is 0 Å². The predicted octanol–water partition coefficient (Wildman–Crippen LogP) is 1.33. The molecule has 0 radical (unpaired) electrons. The van der Waals surface area contributed by atoms with Crippen molar-refractivity contribution in [3.05, 3.63) is 0 Å². The first-order valence-electron chi connectivity index (χ1n) is 5.79. The topological polar surface area (TPSA) is 46.6 Å². The first-order chi connectivity index (χ1) is 7.20. The quantitative estimate of drug-likeness (QED) is 0.758. The van der Waals surface area contributed by atoms with Crippen molar-refractivity contribution in [2.24, 2.45) is 11.8 Å². The van der Waals surface area contributed by atoms with E-state index >= 15 is 0 Å². The third-order valence-electron chi connectivity index (χ3n) is 3.56. The average molecular weight is 249 g/mol. The molecule has 0 unspecified atom stereocenters. The number of hydrogen-bond donors (Lipinski definition) is 0. The Morgan fingerprint density at radius 3 is 2.06 bits per heavy atom. The lowest BCUT2D eigenvalue weighted by Crippen LogP contribution is -2.58. The van der Waals surface area contributed by atoms with Crippen LogP contribution in [-0.2, 0) is 14.8 Å². The van der Waals surface area contributed by atoms with Crippen LogP contribution in [0, 0.1) is 11.8 Å². The monoisotopic (exact) mass is 249 g/mol. The molecule has 0 aromatic rings. The Balaban J connectivity index is 2.97. The van der Waals surface area contributed by atoms with E-state index in [0.717, 1.165) is 0 Å². The summed E-state index contributed by atoms with van der Waals surface area (Å²) in [6, 6.07) is 0. The minimum Gasteiger partial charge on any atom is -0.372 e. The molecule has 1 aliphatic rings. The molecule has 0 atom stereocenters. The fraction of sp³-hybridized carbons (Fsp3) is 1.00. The summed E-state index contributed by atoms with van der Waals surface area (Å²) in [5.41, 5.74) is -0.346. The molecule has 96 valence electrons. The van der Waals surface area contributed by atoms with E-state index < -0.39 is 10.0 Å². The van der Waals surface area contributed by atoms with Crippen molar-refractivity contribution >= 4 is 10.0 Å². The van der Waals surface area contributed by atoms with Crippen molar-refractivity contribution < 1.29 is 13.2 Å². The zero-order valence-electron chi connectivity index (χ0n) is 10.9. The van der Waals surface area contributed by atoms with Crippen LogP contribution in [0.25, 0.3) is 0 Å². The normalized spacial score (nSPS) is 22.9. The molecule has 0 bridgehead atoms. The van der Waals surface area contributed by atoms with Gasteiger partial charge >= 0.3 is 0 Å². The molecule has 1 saturated heterocycles. The fourth-order valence-electron chi connectivity index (χ4n) is 2.39. The van der Waals surface area contributed by atoms with Crippen LogP contribution in [0.1, 0.15) is 27.7 Å². The fourth-order valence-corrected chi connectivity index (χ4v) is 3.23. The third-order valence-corrected chi connectivity index (χ3v) is 4.81. The Hall–Kier alpha value is -0.130. The van der Waals surface area contributed by atoms with Crippen molar-refractivity contribution in [1.29, 1.82) is 0 Å². The van der Waals surface area contributed by atoms with Crippen LogP contribution in [0.4, 0.5) is 0 Å². The lowest BCUT2D eigenvalue weighted by molar-refractivity contribution is -0.144. The van der Waals surface area contributed by atoms with Gasteiger partial charge in [0.2, 0.25) is 10.0 Å². The highest BCUT2D eigenvalue weighted by Gasteiger charge is 2.44. The summed E-state index contributed by atoms with van der Waals surface area (Å²) in [6.45, 7) is 9.79. The van der Waals surface area contributed by atoms with E-state index in [9.17, 15) is 8.42 Å². The van der Waals surface area contributed by atoms with E-state index in [0.29, 0.717) is 31.5 Å². The first-order valence-corrected chi connectivity index (χ1v) is 7.64. The largest absolute Gasteiger partial charge is 0.372 e. The van der Waals surface area contributed by atoms with Gasteiger partial charge in [-0.3, -0.25) is 0 Å². The maximum Gasteiger partial charge on any atom is 0.211 e. The molecule has 1 fully saturated rings. The summed E-state index contributed by atoms with van der Waals surface area (Å²) >= 11 is 0. The average Bonchev–Trinajstić information content (AvgIpc) is 2.16. The summed E-state index contributed by atoms with van der Waals surface area (Å²) in [6.07, 6.45) is 1.27. The summed E-state index contributed by atoms with van der Waals surface area (Å²) in [4.78, 5) is 0. The molecule has 0 amide bonds. The summed E-state index contributed by atoms with van der Waals surface area (Å²) in [5, 5.41) is 0. The van der Waals surface area contributed by atoms with Gasteiger partial charge in [0, 0.05) is 13.1 Å². The second kappa shape index (κ2) is 4.63. The molecular weight excluding hydrogens is 226 g/mol. The van der Waals surface area contributed by atoms with E-state index in [2.05, 4.69) is 27.7 Å². The number of morpholine rings is 1. The van der Waals surface area contributed by atoms with Crippen LogP contribution in [0.15, 0.2) is 0 Å². The summed E-state index contributed by atoms with van der Waals surface area (Å²) < 4.78 is 30.6. The van der Waals surface area contributed by atoms with Crippen LogP contribution in [0.3, 0.4) is 0 Å². The first kappa shape index (κ1) is 13.9. The molecule has 1 aliphatic heterocycles. The molecule has 0 aromatic carbocycles.